The Hall–Kier alpha value is -2.73. The van der Waals surface area contributed by atoms with Crippen LogP contribution >= 0.6 is 0 Å². The Bertz CT molecular complexity index is 921. The van der Waals surface area contributed by atoms with Crippen LogP contribution in [0.5, 0.6) is 0 Å². The number of nitrogens with one attached hydrogen (secondary N) is 1. The van der Waals surface area contributed by atoms with Gasteiger partial charge in [0.15, 0.2) is 0 Å². The van der Waals surface area contributed by atoms with E-state index >= 15 is 0 Å². The van der Waals surface area contributed by atoms with Gasteiger partial charge in [-0.05, 0) is 54.9 Å². The molecule has 31 heavy (non-hydrogen) atoms. The van der Waals surface area contributed by atoms with Crippen LogP contribution in [0.4, 0.5) is 0 Å². The zero-order valence-electron chi connectivity index (χ0n) is 18.3. The van der Waals surface area contributed by atoms with Crippen LogP contribution in [0.25, 0.3) is 0 Å². The average molecular weight is 421 g/mol. The molecule has 6 nitrogen and oxygen atoms in total. The van der Waals surface area contributed by atoms with Gasteiger partial charge in [0.05, 0.1) is 18.8 Å². The van der Waals surface area contributed by atoms with Gasteiger partial charge in [-0.25, -0.2) is 0 Å². The molecule has 1 aromatic carbocycles. The van der Waals surface area contributed by atoms with Crippen molar-refractivity contribution in [3.05, 3.63) is 65.0 Å². The van der Waals surface area contributed by atoms with Crippen molar-refractivity contribution in [1.29, 1.82) is 0 Å². The molecule has 1 aromatic heterocycles. The highest BCUT2D eigenvalue weighted by Gasteiger charge is 2.26. The third-order valence-electron chi connectivity index (χ3n) is 6.58. The quantitative estimate of drug-likeness (QED) is 0.780. The number of hydrogen-bond donors (Lipinski definition) is 1. The summed E-state index contributed by atoms with van der Waals surface area (Å²) < 4.78 is 0. The van der Waals surface area contributed by atoms with Crippen LogP contribution in [0.15, 0.2) is 42.6 Å². The van der Waals surface area contributed by atoms with Gasteiger partial charge in [0.25, 0.3) is 0 Å². The second-order valence-electron chi connectivity index (χ2n) is 8.80. The molecule has 2 aromatic rings. The predicted molar refractivity (Wildman–Crippen MR) is 120 cm³/mol. The molecule has 1 saturated heterocycles. The molecule has 0 unspecified atom stereocenters. The van der Waals surface area contributed by atoms with Gasteiger partial charge < -0.3 is 10.2 Å². The van der Waals surface area contributed by atoms with Gasteiger partial charge in [-0.2, -0.15) is 0 Å². The highest BCUT2D eigenvalue weighted by molar-refractivity contribution is 5.78. The van der Waals surface area contributed by atoms with E-state index in [4.69, 9.17) is 0 Å². The number of carbonyl (C=O) groups excluding carboxylic acids is 2. The van der Waals surface area contributed by atoms with Gasteiger partial charge in [-0.1, -0.05) is 30.3 Å². The lowest BCUT2D eigenvalue weighted by Crippen LogP contribution is -2.45. The number of amides is 2. The third-order valence-corrected chi connectivity index (χ3v) is 6.58. The fraction of sp³-hybridized carbons (Fsp3) is 0.480. The molecule has 2 aliphatic heterocycles. The SMILES string of the molecule is Cc1cccnc1CNC(=O)CC1CCN(C(=O)CN2CCc3ccccc3C2)CC1. The monoisotopic (exact) mass is 420 g/mol. The first-order valence-electron chi connectivity index (χ1n) is 11.3. The van der Waals surface area contributed by atoms with Crippen LogP contribution in [-0.4, -0.2) is 52.8 Å². The number of likely N-dealkylation sites (tertiary alicyclic amines) is 1. The van der Waals surface area contributed by atoms with Crippen LogP contribution in [0, 0.1) is 12.8 Å². The Kier molecular flexibility index (Phi) is 6.97. The normalized spacial score (nSPS) is 17.3. The Morgan fingerprint density at radius 1 is 1.06 bits per heavy atom. The first-order valence-corrected chi connectivity index (χ1v) is 11.3. The summed E-state index contributed by atoms with van der Waals surface area (Å²) in [7, 11) is 0. The minimum atomic E-state index is 0.0711. The number of pyridine rings is 1. The van der Waals surface area contributed by atoms with E-state index in [0.29, 0.717) is 25.4 Å². The average Bonchev–Trinajstić information content (AvgIpc) is 2.79. The second-order valence-corrected chi connectivity index (χ2v) is 8.80. The Morgan fingerprint density at radius 3 is 2.61 bits per heavy atom. The number of hydrogen-bond acceptors (Lipinski definition) is 4. The summed E-state index contributed by atoms with van der Waals surface area (Å²) in [6, 6.07) is 12.4. The van der Waals surface area contributed by atoms with Crippen molar-refractivity contribution in [1.82, 2.24) is 20.1 Å². The number of carbonyl (C=O) groups is 2. The molecular formula is C25H32N4O2. The molecule has 2 amide bonds. The molecule has 164 valence electrons. The van der Waals surface area contributed by atoms with Crippen molar-refractivity contribution in [2.45, 2.75) is 45.7 Å². The fourth-order valence-electron chi connectivity index (χ4n) is 4.59. The number of rotatable bonds is 6. The maximum atomic E-state index is 12.8. The summed E-state index contributed by atoms with van der Waals surface area (Å²) in [5.74, 6) is 0.630. The molecule has 0 atom stereocenters. The topological polar surface area (TPSA) is 65.5 Å². The number of fused-ring (bicyclic) bond motifs is 1. The van der Waals surface area contributed by atoms with Crippen LogP contribution in [0.3, 0.4) is 0 Å². The van der Waals surface area contributed by atoms with Crippen molar-refractivity contribution in [2.75, 3.05) is 26.2 Å². The summed E-state index contributed by atoms with van der Waals surface area (Å²) in [5, 5.41) is 2.99. The molecule has 1 fully saturated rings. The molecule has 4 rings (SSSR count). The van der Waals surface area contributed by atoms with Crippen molar-refractivity contribution >= 4 is 11.8 Å². The molecule has 0 saturated carbocycles. The Balaban J connectivity index is 1.18. The number of nitrogens with zero attached hydrogens (tertiary/aromatic N) is 3. The lowest BCUT2D eigenvalue weighted by atomic mass is 9.93. The summed E-state index contributed by atoms with van der Waals surface area (Å²) in [6.45, 7) is 6.26. The van der Waals surface area contributed by atoms with E-state index in [1.54, 1.807) is 6.20 Å². The van der Waals surface area contributed by atoms with E-state index < -0.39 is 0 Å². The van der Waals surface area contributed by atoms with Crippen LogP contribution in [0.1, 0.15) is 41.6 Å². The smallest absolute Gasteiger partial charge is 0.236 e. The lowest BCUT2D eigenvalue weighted by molar-refractivity contribution is -0.134. The van der Waals surface area contributed by atoms with Crippen LogP contribution in [-0.2, 0) is 29.1 Å². The number of benzene rings is 1. The predicted octanol–water partition coefficient (Wildman–Crippen LogP) is 2.69. The summed E-state index contributed by atoms with van der Waals surface area (Å²) in [6.07, 6.45) is 5.08. The van der Waals surface area contributed by atoms with E-state index in [2.05, 4.69) is 39.5 Å². The summed E-state index contributed by atoms with van der Waals surface area (Å²) >= 11 is 0. The van der Waals surface area contributed by atoms with E-state index in [1.807, 2.05) is 24.0 Å². The van der Waals surface area contributed by atoms with Gasteiger partial charge in [0.2, 0.25) is 11.8 Å². The van der Waals surface area contributed by atoms with Crippen LogP contribution < -0.4 is 5.32 Å². The maximum absolute atomic E-state index is 12.8. The minimum absolute atomic E-state index is 0.0711. The molecule has 0 aliphatic carbocycles. The molecule has 1 N–H and O–H groups in total. The summed E-state index contributed by atoms with van der Waals surface area (Å²) in [4.78, 5) is 33.7. The first-order chi connectivity index (χ1) is 15.1. The van der Waals surface area contributed by atoms with Gasteiger partial charge in [0.1, 0.15) is 0 Å². The highest BCUT2D eigenvalue weighted by atomic mass is 16.2. The Morgan fingerprint density at radius 2 is 1.84 bits per heavy atom. The van der Waals surface area contributed by atoms with E-state index in [0.717, 1.165) is 56.7 Å². The molecule has 0 radical (unpaired) electrons. The maximum Gasteiger partial charge on any atom is 0.236 e. The van der Waals surface area contributed by atoms with E-state index in [1.165, 1.54) is 11.1 Å². The van der Waals surface area contributed by atoms with Crippen molar-refractivity contribution in [2.24, 2.45) is 5.92 Å². The molecule has 2 aliphatic rings. The zero-order chi connectivity index (χ0) is 21.6. The van der Waals surface area contributed by atoms with Gasteiger partial charge in [-0.15, -0.1) is 0 Å². The number of aromatic nitrogens is 1. The molecular weight excluding hydrogens is 388 g/mol. The van der Waals surface area contributed by atoms with Crippen molar-refractivity contribution in [3.8, 4) is 0 Å². The number of aryl methyl sites for hydroxylation is 1. The molecule has 3 heterocycles. The van der Waals surface area contributed by atoms with E-state index in [9.17, 15) is 9.59 Å². The minimum Gasteiger partial charge on any atom is -0.350 e. The first kappa shape index (κ1) is 21.5. The molecule has 0 spiro atoms. The highest BCUT2D eigenvalue weighted by Crippen LogP contribution is 2.22. The molecule has 0 bridgehead atoms. The van der Waals surface area contributed by atoms with Crippen LogP contribution in [0.2, 0.25) is 0 Å². The number of piperidine rings is 1. The fourth-order valence-corrected chi connectivity index (χ4v) is 4.59. The largest absolute Gasteiger partial charge is 0.350 e. The summed E-state index contributed by atoms with van der Waals surface area (Å²) in [5.41, 5.74) is 4.75. The standard InChI is InChI=1S/C25H32N4O2/c1-19-5-4-11-26-23(19)16-27-24(30)15-20-8-13-29(14-9-20)25(31)18-28-12-10-21-6-2-3-7-22(21)17-28/h2-7,11,20H,8-10,12-18H2,1H3,(H,27,30). The van der Waals surface area contributed by atoms with Gasteiger partial charge in [0, 0.05) is 38.8 Å². The molecule has 6 heteroatoms. The Labute approximate surface area is 184 Å². The third kappa shape index (κ3) is 5.70. The second kappa shape index (κ2) is 10.1. The lowest BCUT2D eigenvalue weighted by Gasteiger charge is -2.34. The van der Waals surface area contributed by atoms with E-state index in [-0.39, 0.29) is 11.8 Å². The zero-order valence-corrected chi connectivity index (χ0v) is 18.3. The van der Waals surface area contributed by atoms with Crippen molar-refractivity contribution < 1.29 is 9.59 Å². The van der Waals surface area contributed by atoms with Crippen molar-refractivity contribution in [3.63, 3.8) is 0 Å². The van der Waals surface area contributed by atoms with Gasteiger partial charge >= 0.3 is 0 Å². The van der Waals surface area contributed by atoms with Gasteiger partial charge in [-0.3, -0.25) is 19.5 Å².